The Kier molecular flexibility index (Phi) is 9.08. The summed E-state index contributed by atoms with van der Waals surface area (Å²) in [5.74, 6) is 0. The Morgan fingerprint density at radius 2 is 1.81 bits per heavy atom. The topological polar surface area (TPSA) is 52.9 Å². The Labute approximate surface area is 128 Å². The lowest BCUT2D eigenvalue weighted by atomic mass is 10.3. The van der Waals surface area contributed by atoms with Crippen LogP contribution in [0.3, 0.4) is 0 Å². The fourth-order valence-corrected chi connectivity index (χ4v) is 4.60. The first-order valence-electron chi connectivity index (χ1n) is 7.58. The van der Waals surface area contributed by atoms with Crippen LogP contribution in [-0.4, -0.2) is 46.4 Å². The summed E-state index contributed by atoms with van der Waals surface area (Å²) in [5.41, 5.74) is 1.01. The van der Waals surface area contributed by atoms with E-state index >= 15 is 0 Å². The van der Waals surface area contributed by atoms with Crippen molar-refractivity contribution in [1.29, 1.82) is 0 Å². The summed E-state index contributed by atoms with van der Waals surface area (Å²) in [6.45, 7) is 8.50. The Bertz CT molecular complexity index is 384. The average molecular weight is 310 g/mol. The SMILES string of the molecule is CCO[Si](CCCN=Cc1cccnc1)(OCC)OCC. The van der Waals surface area contributed by atoms with Gasteiger partial charge in [0.1, 0.15) is 0 Å². The van der Waals surface area contributed by atoms with Gasteiger partial charge in [0.05, 0.1) is 0 Å². The second kappa shape index (κ2) is 10.6. The molecule has 0 atom stereocenters. The molecule has 118 valence electrons. The van der Waals surface area contributed by atoms with Crippen molar-refractivity contribution < 1.29 is 13.3 Å². The Morgan fingerprint density at radius 3 is 2.33 bits per heavy atom. The van der Waals surface area contributed by atoms with Crippen LogP contribution in [0.4, 0.5) is 0 Å². The lowest BCUT2D eigenvalue weighted by Crippen LogP contribution is -2.46. The van der Waals surface area contributed by atoms with Crippen molar-refractivity contribution in [2.45, 2.75) is 33.2 Å². The molecule has 0 spiro atoms. The van der Waals surface area contributed by atoms with Crippen molar-refractivity contribution in [3.8, 4) is 0 Å². The highest BCUT2D eigenvalue weighted by molar-refractivity contribution is 6.60. The molecule has 0 unspecified atom stereocenters. The molecule has 1 aromatic heterocycles. The molecule has 0 N–H and O–H groups in total. The largest absolute Gasteiger partial charge is 0.500 e. The van der Waals surface area contributed by atoms with E-state index in [9.17, 15) is 0 Å². The predicted octanol–water partition coefficient (Wildman–Crippen LogP) is 2.94. The van der Waals surface area contributed by atoms with Gasteiger partial charge >= 0.3 is 8.80 Å². The first-order chi connectivity index (χ1) is 10.3. The zero-order valence-corrected chi connectivity index (χ0v) is 14.2. The fourth-order valence-electron chi connectivity index (χ4n) is 2.01. The number of pyridine rings is 1. The van der Waals surface area contributed by atoms with Crippen LogP contribution in [0.15, 0.2) is 29.5 Å². The summed E-state index contributed by atoms with van der Waals surface area (Å²) >= 11 is 0. The van der Waals surface area contributed by atoms with Crippen molar-refractivity contribution >= 4 is 15.0 Å². The van der Waals surface area contributed by atoms with E-state index in [0.29, 0.717) is 19.8 Å². The van der Waals surface area contributed by atoms with E-state index in [4.69, 9.17) is 13.3 Å². The molecule has 0 saturated carbocycles. The van der Waals surface area contributed by atoms with Gasteiger partial charge < -0.3 is 13.3 Å². The molecule has 5 nitrogen and oxygen atoms in total. The summed E-state index contributed by atoms with van der Waals surface area (Å²) in [5, 5.41) is 0. The van der Waals surface area contributed by atoms with E-state index < -0.39 is 8.80 Å². The summed E-state index contributed by atoms with van der Waals surface area (Å²) < 4.78 is 17.4. The summed E-state index contributed by atoms with van der Waals surface area (Å²) in [6, 6.07) is 4.68. The van der Waals surface area contributed by atoms with Crippen molar-refractivity contribution in [2.75, 3.05) is 26.4 Å². The highest BCUT2D eigenvalue weighted by Gasteiger charge is 2.39. The molecule has 0 aliphatic heterocycles. The maximum absolute atomic E-state index is 5.81. The molecule has 21 heavy (non-hydrogen) atoms. The normalized spacial score (nSPS) is 12.1. The molecule has 0 aliphatic carbocycles. The lowest BCUT2D eigenvalue weighted by molar-refractivity contribution is 0.0710. The van der Waals surface area contributed by atoms with E-state index in [1.54, 1.807) is 12.4 Å². The Balaban J connectivity index is 2.43. The number of aliphatic imine (C=N–C) groups is 1. The molecule has 0 aromatic carbocycles. The Hall–Kier alpha value is -1.08. The molecular formula is C15H26N2O3Si. The van der Waals surface area contributed by atoms with Gasteiger partial charge in [-0.05, 0) is 33.3 Å². The van der Waals surface area contributed by atoms with E-state index in [1.807, 2.05) is 39.1 Å². The second-order valence-corrected chi connectivity index (χ2v) is 7.14. The third kappa shape index (κ3) is 6.95. The molecule has 0 saturated heterocycles. The molecule has 0 radical (unpaired) electrons. The van der Waals surface area contributed by atoms with Gasteiger partial charge in [-0.1, -0.05) is 6.07 Å². The zero-order valence-electron chi connectivity index (χ0n) is 13.2. The molecule has 1 aromatic rings. The average Bonchev–Trinajstić information content (AvgIpc) is 2.49. The number of rotatable bonds is 11. The highest BCUT2D eigenvalue weighted by Crippen LogP contribution is 2.18. The van der Waals surface area contributed by atoms with Gasteiger partial charge in [0.25, 0.3) is 0 Å². The van der Waals surface area contributed by atoms with Gasteiger partial charge in [0.2, 0.25) is 0 Å². The number of nitrogens with zero attached hydrogens (tertiary/aromatic N) is 2. The van der Waals surface area contributed by atoms with Crippen LogP contribution in [-0.2, 0) is 13.3 Å². The third-order valence-corrected chi connectivity index (χ3v) is 5.94. The van der Waals surface area contributed by atoms with Crippen LogP contribution >= 0.6 is 0 Å². The van der Waals surface area contributed by atoms with Crippen LogP contribution in [0.2, 0.25) is 6.04 Å². The number of hydrogen-bond donors (Lipinski definition) is 0. The van der Waals surface area contributed by atoms with E-state index in [0.717, 1.165) is 24.6 Å². The molecule has 6 heteroatoms. The van der Waals surface area contributed by atoms with Crippen LogP contribution in [0.5, 0.6) is 0 Å². The van der Waals surface area contributed by atoms with Crippen molar-refractivity contribution in [2.24, 2.45) is 4.99 Å². The Morgan fingerprint density at radius 1 is 1.14 bits per heavy atom. The smallest absolute Gasteiger partial charge is 0.374 e. The van der Waals surface area contributed by atoms with Crippen molar-refractivity contribution in [3.63, 3.8) is 0 Å². The summed E-state index contributed by atoms with van der Waals surface area (Å²) in [7, 11) is -2.51. The quantitative estimate of drug-likeness (QED) is 0.358. The monoisotopic (exact) mass is 310 g/mol. The second-order valence-electron chi connectivity index (χ2n) is 4.41. The van der Waals surface area contributed by atoms with Gasteiger partial charge in [-0.2, -0.15) is 0 Å². The van der Waals surface area contributed by atoms with Crippen LogP contribution in [0, 0.1) is 0 Å². The standard InChI is InChI=1S/C15H26N2O3Si/c1-4-18-21(19-5-2,20-6-3)12-8-11-17-14-15-9-7-10-16-13-15/h7,9-10,13-14H,4-6,8,11-12H2,1-3H3. The maximum atomic E-state index is 5.81. The molecule has 1 heterocycles. The lowest BCUT2D eigenvalue weighted by Gasteiger charge is -2.28. The minimum atomic E-state index is -2.51. The predicted molar refractivity (Wildman–Crippen MR) is 86.8 cm³/mol. The number of hydrogen-bond acceptors (Lipinski definition) is 5. The van der Waals surface area contributed by atoms with Crippen molar-refractivity contribution in [3.05, 3.63) is 30.1 Å². The number of aromatic nitrogens is 1. The first kappa shape index (κ1) is 18.0. The minimum absolute atomic E-state index is 0.616. The minimum Gasteiger partial charge on any atom is -0.374 e. The fraction of sp³-hybridized carbons (Fsp3) is 0.600. The van der Waals surface area contributed by atoms with Gasteiger partial charge in [0.15, 0.2) is 0 Å². The summed E-state index contributed by atoms with van der Waals surface area (Å²) in [6.07, 6.45) is 6.29. The first-order valence-corrected chi connectivity index (χ1v) is 9.51. The van der Waals surface area contributed by atoms with Crippen molar-refractivity contribution in [1.82, 2.24) is 4.98 Å². The van der Waals surface area contributed by atoms with Crippen LogP contribution < -0.4 is 0 Å². The van der Waals surface area contributed by atoms with E-state index in [1.165, 1.54) is 0 Å². The highest BCUT2D eigenvalue weighted by atomic mass is 28.4. The maximum Gasteiger partial charge on any atom is 0.500 e. The van der Waals surface area contributed by atoms with E-state index in [2.05, 4.69) is 9.98 Å². The van der Waals surface area contributed by atoms with E-state index in [-0.39, 0.29) is 0 Å². The van der Waals surface area contributed by atoms with Crippen LogP contribution in [0.1, 0.15) is 32.8 Å². The van der Waals surface area contributed by atoms with Gasteiger partial charge in [-0.3, -0.25) is 9.98 Å². The molecule has 0 amide bonds. The molecule has 1 rings (SSSR count). The zero-order chi connectivity index (χ0) is 15.4. The van der Waals surface area contributed by atoms with Gasteiger partial charge in [-0.15, -0.1) is 0 Å². The molecule has 0 aliphatic rings. The summed E-state index contributed by atoms with van der Waals surface area (Å²) in [4.78, 5) is 8.47. The third-order valence-electron chi connectivity index (χ3n) is 2.79. The van der Waals surface area contributed by atoms with Crippen LogP contribution in [0.25, 0.3) is 0 Å². The van der Waals surface area contributed by atoms with Gasteiger partial charge in [-0.25, -0.2) is 0 Å². The molecular weight excluding hydrogens is 284 g/mol. The van der Waals surface area contributed by atoms with Gasteiger partial charge in [0, 0.05) is 56.6 Å². The molecule has 0 fully saturated rings. The molecule has 0 bridgehead atoms.